The number of nitrogens with zero attached hydrogens (tertiary/aromatic N) is 2. The van der Waals surface area contributed by atoms with Crippen LogP contribution in [0.5, 0.6) is 0 Å². The molecule has 0 fully saturated rings. The highest BCUT2D eigenvalue weighted by Gasteiger charge is 2.17. The largest absolute Gasteiger partial charge is 0.480 e. The number of carboxylic acids is 1. The molecule has 0 aliphatic carbocycles. The topological polar surface area (TPSA) is 55.1 Å². The van der Waals surface area contributed by atoms with Crippen LogP contribution in [0, 0.1) is 5.82 Å². The number of imidazole rings is 1. The number of hydrogen-bond acceptors (Lipinski definition) is 2. The highest BCUT2D eigenvalue weighted by molar-refractivity contribution is 9.10. The zero-order valence-corrected chi connectivity index (χ0v) is 12.3. The van der Waals surface area contributed by atoms with Gasteiger partial charge in [0.15, 0.2) is 0 Å². The zero-order valence-electron chi connectivity index (χ0n) is 10.8. The van der Waals surface area contributed by atoms with Crippen molar-refractivity contribution in [1.82, 2.24) is 9.55 Å². The van der Waals surface area contributed by atoms with Crippen molar-refractivity contribution in [2.24, 2.45) is 0 Å². The van der Waals surface area contributed by atoms with Gasteiger partial charge in [0.2, 0.25) is 0 Å². The second kappa shape index (κ2) is 5.29. The number of halogens is 2. The summed E-state index contributed by atoms with van der Waals surface area (Å²) in [4.78, 5) is 15.6. The van der Waals surface area contributed by atoms with Crippen LogP contribution < -0.4 is 0 Å². The van der Waals surface area contributed by atoms with Gasteiger partial charge < -0.3 is 9.67 Å². The summed E-state index contributed by atoms with van der Waals surface area (Å²) in [6, 6.07) is 11.5. The first-order valence-electron chi connectivity index (χ1n) is 6.19. The summed E-state index contributed by atoms with van der Waals surface area (Å²) in [5, 5.41) is 9.11. The monoisotopic (exact) mass is 348 g/mol. The lowest BCUT2D eigenvalue weighted by Gasteiger charge is -2.08. The van der Waals surface area contributed by atoms with Gasteiger partial charge in [0.1, 0.15) is 18.2 Å². The number of carbonyl (C=O) groups is 1. The summed E-state index contributed by atoms with van der Waals surface area (Å²) in [7, 11) is 0. The van der Waals surface area contributed by atoms with Crippen molar-refractivity contribution in [3.8, 4) is 11.4 Å². The van der Waals surface area contributed by atoms with E-state index in [2.05, 4.69) is 20.9 Å². The molecule has 0 aliphatic heterocycles. The van der Waals surface area contributed by atoms with E-state index in [9.17, 15) is 9.18 Å². The van der Waals surface area contributed by atoms with E-state index in [0.717, 1.165) is 0 Å². The summed E-state index contributed by atoms with van der Waals surface area (Å²) < 4.78 is 15.7. The molecule has 4 nitrogen and oxygen atoms in total. The van der Waals surface area contributed by atoms with E-state index in [0.29, 0.717) is 26.9 Å². The molecule has 0 unspecified atom stereocenters. The van der Waals surface area contributed by atoms with Gasteiger partial charge in [-0.15, -0.1) is 0 Å². The van der Waals surface area contributed by atoms with E-state index in [1.54, 1.807) is 22.8 Å². The van der Waals surface area contributed by atoms with Gasteiger partial charge in [-0.2, -0.15) is 0 Å². The summed E-state index contributed by atoms with van der Waals surface area (Å²) in [6.45, 7) is -0.237. The Labute approximate surface area is 128 Å². The van der Waals surface area contributed by atoms with Crippen molar-refractivity contribution in [3.05, 3.63) is 52.8 Å². The fraction of sp³-hybridized carbons (Fsp3) is 0.0667. The molecule has 1 heterocycles. The Balaban J connectivity index is 2.30. The third-order valence-corrected chi connectivity index (χ3v) is 3.81. The standard InChI is InChI=1S/C15H10BrFN2O2/c16-11-6-5-9(17)7-10(11)15-18-12-3-1-2-4-13(12)19(15)8-14(20)21/h1-7H,8H2,(H,20,21). The summed E-state index contributed by atoms with van der Waals surface area (Å²) in [5.41, 5.74) is 1.89. The molecule has 0 bridgehead atoms. The fourth-order valence-corrected chi connectivity index (χ4v) is 2.67. The molecule has 2 aromatic carbocycles. The molecule has 106 valence electrons. The first-order chi connectivity index (χ1) is 10.1. The van der Waals surface area contributed by atoms with E-state index in [-0.39, 0.29) is 6.54 Å². The molecule has 0 spiro atoms. The molecule has 0 amide bonds. The molecular formula is C15H10BrFN2O2. The number of fused-ring (bicyclic) bond motifs is 1. The minimum atomic E-state index is -0.980. The van der Waals surface area contributed by atoms with Crippen molar-refractivity contribution in [2.45, 2.75) is 6.54 Å². The minimum Gasteiger partial charge on any atom is -0.480 e. The first-order valence-corrected chi connectivity index (χ1v) is 6.98. The molecular weight excluding hydrogens is 339 g/mol. The van der Waals surface area contributed by atoms with Crippen LogP contribution in [-0.2, 0) is 11.3 Å². The van der Waals surface area contributed by atoms with E-state index in [4.69, 9.17) is 5.11 Å². The summed E-state index contributed by atoms with van der Waals surface area (Å²) >= 11 is 3.36. The highest BCUT2D eigenvalue weighted by Crippen LogP contribution is 2.31. The van der Waals surface area contributed by atoms with Gasteiger partial charge >= 0.3 is 5.97 Å². The highest BCUT2D eigenvalue weighted by atomic mass is 79.9. The van der Waals surface area contributed by atoms with Gasteiger partial charge in [-0.1, -0.05) is 28.1 Å². The molecule has 1 aromatic heterocycles. The molecule has 0 radical (unpaired) electrons. The maximum atomic E-state index is 13.5. The van der Waals surface area contributed by atoms with Gasteiger partial charge in [-0.3, -0.25) is 4.79 Å². The summed E-state index contributed by atoms with van der Waals surface area (Å²) in [5.74, 6) is -0.959. The number of rotatable bonds is 3. The zero-order chi connectivity index (χ0) is 15.0. The average molecular weight is 349 g/mol. The van der Waals surface area contributed by atoms with Crippen molar-refractivity contribution in [2.75, 3.05) is 0 Å². The van der Waals surface area contributed by atoms with Gasteiger partial charge in [0.25, 0.3) is 0 Å². The average Bonchev–Trinajstić information content (AvgIpc) is 2.80. The Morgan fingerprint density at radius 3 is 2.81 bits per heavy atom. The normalized spacial score (nSPS) is 11.0. The van der Waals surface area contributed by atoms with Gasteiger partial charge in [-0.05, 0) is 30.3 Å². The lowest BCUT2D eigenvalue weighted by molar-refractivity contribution is -0.137. The predicted molar refractivity (Wildman–Crippen MR) is 80.5 cm³/mol. The SMILES string of the molecule is O=C(O)Cn1c(-c2cc(F)ccc2Br)nc2ccccc21. The number of hydrogen-bond donors (Lipinski definition) is 1. The third kappa shape index (κ3) is 2.54. The van der Waals surface area contributed by atoms with Crippen LogP contribution in [0.1, 0.15) is 0 Å². The predicted octanol–water partition coefficient (Wildman–Crippen LogP) is 3.69. The number of benzene rings is 2. The van der Waals surface area contributed by atoms with Crippen LogP contribution >= 0.6 is 15.9 Å². The van der Waals surface area contributed by atoms with Crippen molar-refractivity contribution < 1.29 is 14.3 Å². The van der Waals surface area contributed by atoms with Crippen LogP contribution in [-0.4, -0.2) is 20.6 Å². The molecule has 1 N–H and O–H groups in total. The van der Waals surface area contributed by atoms with Crippen LogP contribution in [0.3, 0.4) is 0 Å². The molecule has 0 saturated heterocycles. The molecule has 0 saturated carbocycles. The minimum absolute atomic E-state index is 0.237. The molecule has 0 aliphatic rings. The van der Waals surface area contributed by atoms with Gasteiger partial charge in [-0.25, -0.2) is 9.37 Å². The van der Waals surface area contributed by atoms with Crippen LogP contribution in [0.25, 0.3) is 22.4 Å². The van der Waals surface area contributed by atoms with Gasteiger partial charge in [0, 0.05) is 10.0 Å². The first kappa shape index (κ1) is 13.8. The molecule has 3 rings (SSSR count). The fourth-order valence-electron chi connectivity index (χ4n) is 2.25. The number of para-hydroxylation sites is 2. The lowest BCUT2D eigenvalue weighted by Crippen LogP contribution is -2.10. The number of carboxylic acid groups (broad SMARTS) is 1. The van der Waals surface area contributed by atoms with Crippen molar-refractivity contribution >= 4 is 32.9 Å². The molecule has 3 aromatic rings. The maximum Gasteiger partial charge on any atom is 0.323 e. The number of aliphatic carboxylic acids is 1. The van der Waals surface area contributed by atoms with Crippen molar-refractivity contribution in [3.63, 3.8) is 0 Å². The Hall–Kier alpha value is -2.21. The Kier molecular flexibility index (Phi) is 3.47. The quantitative estimate of drug-likeness (QED) is 0.785. The third-order valence-electron chi connectivity index (χ3n) is 3.12. The van der Waals surface area contributed by atoms with E-state index < -0.39 is 11.8 Å². The van der Waals surface area contributed by atoms with Crippen LogP contribution in [0.15, 0.2) is 46.9 Å². The van der Waals surface area contributed by atoms with E-state index in [1.165, 1.54) is 12.1 Å². The lowest BCUT2D eigenvalue weighted by atomic mass is 10.2. The van der Waals surface area contributed by atoms with Crippen LogP contribution in [0.2, 0.25) is 0 Å². The number of aromatic nitrogens is 2. The molecule has 21 heavy (non-hydrogen) atoms. The Bertz CT molecular complexity index is 845. The van der Waals surface area contributed by atoms with E-state index in [1.807, 2.05) is 12.1 Å². The summed E-state index contributed by atoms with van der Waals surface area (Å²) in [6.07, 6.45) is 0. The van der Waals surface area contributed by atoms with Gasteiger partial charge in [0.05, 0.1) is 11.0 Å². The maximum absolute atomic E-state index is 13.5. The molecule has 6 heteroatoms. The van der Waals surface area contributed by atoms with E-state index >= 15 is 0 Å². The Morgan fingerprint density at radius 1 is 1.29 bits per heavy atom. The molecule has 0 atom stereocenters. The second-order valence-corrected chi connectivity index (χ2v) is 5.38. The Morgan fingerprint density at radius 2 is 2.05 bits per heavy atom. The smallest absolute Gasteiger partial charge is 0.323 e. The van der Waals surface area contributed by atoms with Crippen molar-refractivity contribution in [1.29, 1.82) is 0 Å². The van der Waals surface area contributed by atoms with Crippen LogP contribution in [0.4, 0.5) is 4.39 Å². The second-order valence-electron chi connectivity index (χ2n) is 4.53.